The maximum atomic E-state index is 13.8. The van der Waals surface area contributed by atoms with Crippen molar-refractivity contribution in [1.29, 1.82) is 0 Å². The van der Waals surface area contributed by atoms with Crippen LogP contribution in [0, 0.1) is 0 Å². The summed E-state index contributed by atoms with van der Waals surface area (Å²) in [5, 5.41) is 19.4. The number of anilines is 2. The number of hydrogen-bond donors (Lipinski definition) is 2. The van der Waals surface area contributed by atoms with E-state index in [0.29, 0.717) is 50.1 Å². The van der Waals surface area contributed by atoms with E-state index in [9.17, 15) is 29.4 Å². The molecule has 0 spiro atoms. The van der Waals surface area contributed by atoms with Gasteiger partial charge in [0.05, 0.1) is 0 Å². The summed E-state index contributed by atoms with van der Waals surface area (Å²) < 4.78 is 5.81. The third kappa shape index (κ3) is 5.02. The largest absolute Gasteiger partial charge is 0.465 e. The summed E-state index contributed by atoms with van der Waals surface area (Å²) in [6, 6.07) is 20.2. The molecule has 2 fully saturated rings. The second-order valence-corrected chi connectivity index (χ2v) is 9.38. The highest BCUT2D eigenvalue weighted by Crippen LogP contribution is 2.31. The van der Waals surface area contributed by atoms with E-state index >= 15 is 0 Å². The van der Waals surface area contributed by atoms with Crippen LogP contribution in [0.5, 0.6) is 0 Å². The molecule has 2 saturated heterocycles. The van der Waals surface area contributed by atoms with Gasteiger partial charge in [-0.3, -0.25) is 29.2 Å². The fourth-order valence-electron chi connectivity index (χ4n) is 5.31. The van der Waals surface area contributed by atoms with Crippen molar-refractivity contribution in [1.82, 2.24) is 9.80 Å². The molecule has 2 aliphatic heterocycles. The monoisotopic (exact) mass is 532 g/mol. The number of hydrogen-bond acceptors (Lipinski definition) is 5. The average molecular weight is 533 g/mol. The number of carbonyl (C=O) groups excluding carboxylic acids is 2. The van der Waals surface area contributed by atoms with Crippen LogP contribution in [0.2, 0.25) is 0 Å². The summed E-state index contributed by atoms with van der Waals surface area (Å²) in [5.41, 5.74) is 0.998. The number of likely N-dealkylation sites (tertiary alicyclic amines) is 2. The first-order valence-corrected chi connectivity index (χ1v) is 12.7. The van der Waals surface area contributed by atoms with Crippen molar-refractivity contribution < 1.29 is 33.8 Å². The lowest BCUT2D eigenvalue weighted by Crippen LogP contribution is -2.50. The molecule has 5 rings (SSSR count). The highest BCUT2D eigenvalue weighted by molar-refractivity contribution is 6.08. The van der Waals surface area contributed by atoms with Crippen molar-refractivity contribution in [2.75, 3.05) is 22.9 Å². The van der Waals surface area contributed by atoms with E-state index in [2.05, 4.69) is 0 Å². The van der Waals surface area contributed by atoms with Crippen LogP contribution in [0.25, 0.3) is 0 Å². The molecule has 2 N–H and O–H groups in total. The lowest BCUT2D eigenvalue weighted by atomic mass is 10.2. The van der Waals surface area contributed by atoms with Crippen molar-refractivity contribution in [3.63, 3.8) is 0 Å². The van der Waals surface area contributed by atoms with Gasteiger partial charge in [0.15, 0.2) is 11.5 Å². The highest BCUT2D eigenvalue weighted by Gasteiger charge is 2.40. The topological polar surface area (TPSA) is 135 Å². The van der Waals surface area contributed by atoms with E-state index in [1.807, 2.05) is 0 Å². The van der Waals surface area contributed by atoms with Crippen molar-refractivity contribution in [3.05, 3.63) is 84.3 Å². The number of carboxylic acid groups (broad SMARTS) is 2. The molecule has 2 atom stereocenters. The van der Waals surface area contributed by atoms with Gasteiger partial charge in [-0.2, -0.15) is 0 Å². The molecule has 2 aliphatic rings. The van der Waals surface area contributed by atoms with Crippen LogP contribution < -0.4 is 9.80 Å². The molecular formula is C28H28N4O7. The molecule has 39 heavy (non-hydrogen) atoms. The zero-order chi connectivity index (χ0) is 27.5. The molecule has 2 aromatic carbocycles. The second-order valence-electron chi connectivity index (χ2n) is 9.38. The number of para-hydroxylation sites is 2. The Morgan fingerprint density at radius 1 is 0.641 bits per heavy atom. The zero-order valence-electron chi connectivity index (χ0n) is 21.1. The normalized spacial score (nSPS) is 18.7. The molecule has 11 heteroatoms. The molecule has 3 aromatic rings. The van der Waals surface area contributed by atoms with Crippen molar-refractivity contribution in [3.8, 4) is 0 Å². The van der Waals surface area contributed by atoms with E-state index in [4.69, 9.17) is 4.42 Å². The predicted octanol–water partition coefficient (Wildman–Crippen LogP) is 4.77. The minimum atomic E-state index is -1.13. The minimum Gasteiger partial charge on any atom is -0.465 e. The second kappa shape index (κ2) is 10.9. The van der Waals surface area contributed by atoms with Crippen LogP contribution in [0.4, 0.5) is 21.0 Å². The van der Waals surface area contributed by atoms with Gasteiger partial charge in [0.2, 0.25) is 0 Å². The first-order valence-electron chi connectivity index (χ1n) is 12.7. The Hall–Kier alpha value is -4.80. The Kier molecular flexibility index (Phi) is 7.22. The van der Waals surface area contributed by atoms with Crippen molar-refractivity contribution in [2.45, 2.75) is 38.0 Å². The number of rotatable bonds is 6. The van der Waals surface area contributed by atoms with Gasteiger partial charge in [-0.05, 0) is 62.1 Å². The maximum Gasteiger partial charge on any atom is 0.408 e. The first-order chi connectivity index (χ1) is 18.9. The molecule has 202 valence electrons. The molecule has 3 heterocycles. The molecule has 0 radical (unpaired) electrons. The summed E-state index contributed by atoms with van der Waals surface area (Å²) in [6.45, 7) is 0.595. The van der Waals surface area contributed by atoms with Crippen LogP contribution in [-0.4, -0.2) is 69.4 Å². The molecule has 11 nitrogen and oxygen atoms in total. The summed E-state index contributed by atoms with van der Waals surface area (Å²) in [6.07, 6.45) is -1.61. The van der Waals surface area contributed by atoms with Gasteiger partial charge in [0, 0.05) is 24.5 Å². The first kappa shape index (κ1) is 25.8. The fourth-order valence-corrected chi connectivity index (χ4v) is 5.31. The quantitative estimate of drug-likeness (QED) is 0.467. The lowest BCUT2D eigenvalue weighted by Gasteiger charge is -2.33. The van der Waals surface area contributed by atoms with E-state index in [-0.39, 0.29) is 11.5 Å². The Morgan fingerprint density at radius 3 is 1.38 bits per heavy atom. The van der Waals surface area contributed by atoms with Gasteiger partial charge < -0.3 is 14.6 Å². The third-order valence-electron chi connectivity index (χ3n) is 7.06. The van der Waals surface area contributed by atoms with E-state index < -0.39 is 36.3 Å². The smallest absolute Gasteiger partial charge is 0.408 e. The summed E-state index contributed by atoms with van der Waals surface area (Å²) in [5.74, 6) is -1.43. The van der Waals surface area contributed by atoms with E-state index in [0.717, 1.165) is 0 Å². The van der Waals surface area contributed by atoms with Gasteiger partial charge in [-0.15, -0.1) is 0 Å². The molecule has 1 aromatic heterocycles. The van der Waals surface area contributed by atoms with Gasteiger partial charge in [-0.25, -0.2) is 9.59 Å². The standard InChI is InChI=1S/C28H28N4O7/c33-25(31(19-9-3-1-4-10-19)23-13-7-17-29(23)27(35)36)21-15-16-22(39-21)26(34)32(20-11-5-2-6-12-20)24-14-8-18-30(24)28(37)38/h1-6,9-12,15-16,23-24H,7-8,13-14,17-18H2,(H,35,36)(H,37,38). The summed E-state index contributed by atoms with van der Waals surface area (Å²) in [4.78, 5) is 56.5. The molecule has 0 bridgehead atoms. The number of furan rings is 1. The van der Waals surface area contributed by atoms with E-state index in [1.54, 1.807) is 60.7 Å². The van der Waals surface area contributed by atoms with Gasteiger partial charge in [0.25, 0.3) is 11.8 Å². The fraction of sp³-hybridized carbons (Fsp3) is 0.286. The van der Waals surface area contributed by atoms with Gasteiger partial charge >= 0.3 is 12.2 Å². The Balaban J connectivity index is 1.48. The number of nitrogens with zero attached hydrogens (tertiary/aromatic N) is 4. The molecule has 0 aliphatic carbocycles. The Labute approximate surface area is 224 Å². The van der Waals surface area contributed by atoms with Crippen LogP contribution in [0.1, 0.15) is 46.8 Å². The van der Waals surface area contributed by atoms with Crippen LogP contribution in [0.15, 0.2) is 77.2 Å². The van der Waals surface area contributed by atoms with Crippen molar-refractivity contribution >= 4 is 35.4 Å². The Bertz CT molecular complexity index is 1260. The van der Waals surface area contributed by atoms with Gasteiger partial charge in [-0.1, -0.05) is 36.4 Å². The maximum absolute atomic E-state index is 13.8. The Morgan fingerprint density at radius 2 is 1.03 bits per heavy atom. The molecule has 2 unspecified atom stereocenters. The predicted molar refractivity (Wildman–Crippen MR) is 141 cm³/mol. The van der Waals surface area contributed by atoms with Crippen LogP contribution in [-0.2, 0) is 0 Å². The highest BCUT2D eigenvalue weighted by atomic mass is 16.4. The van der Waals surface area contributed by atoms with Crippen LogP contribution >= 0.6 is 0 Å². The van der Waals surface area contributed by atoms with E-state index in [1.165, 1.54) is 31.7 Å². The SMILES string of the molecule is O=C(O)N1CCCC1N(C(=O)c1ccc(C(=O)N(c2ccccc2)C2CCCN2C(=O)O)o1)c1ccccc1. The third-order valence-corrected chi connectivity index (χ3v) is 7.06. The summed E-state index contributed by atoms with van der Waals surface area (Å²) >= 11 is 0. The number of carbonyl (C=O) groups is 4. The zero-order valence-corrected chi connectivity index (χ0v) is 21.1. The molecule has 4 amide bonds. The van der Waals surface area contributed by atoms with Crippen LogP contribution in [0.3, 0.4) is 0 Å². The average Bonchev–Trinajstić information content (AvgIpc) is 3.71. The molecular weight excluding hydrogens is 504 g/mol. The van der Waals surface area contributed by atoms with Crippen molar-refractivity contribution in [2.24, 2.45) is 0 Å². The van der Waals surface area contributed by atoms with Gasteiger partial charge in [0.1, 0.15) is 12.3 Å². The number of amides is 4. The lowest BCUT2D eigenvalue weighted by molar-refractivity contribution is 0.0892. The molecule has 0 saturated carbocycles. The summed E-state index contributed by atoms with van der Waals surface area (Å²) in [7, 11) is 0. The minimum absolute atomic E-state index is 0.131. The number of benzene rings is 2.